The van der Waals surface area contributed by atoms with Gasteiger partial charge in [0.25, 0.3) is 0 Å². The molecule has 2 heteroatoms. The Morgan fingerprint density at radius 1 is 0.380 bits per heavy atom. The van der Waals surface area contributed by atoms with E-state index in [2.05, 4.69) is 132 Å². The number of hydrogen-bond acceptors (Lipinski definition) is 1. The third kappa shape index (κ3) is 4.07. The Hall–Kier alpha value is -7.00. The first-order valence-electron chi connectivity index (χ1n) is 16.8. The van der Waals surface area contributed by atoms with Crippen molar-refractivity contribution in [3.63, 3.8) is 0 Å². The van der Waals surface area contributed by atoms with E-state index in [1.807, 2.05) is 36.4 Å². The Morgan fingerprint density at radius 3 is 1.74 bits per heavy atom. The molecule has 0 atom stereocenters. The zero-order valence-corrected chi connectivity index (χ0v) is 26.9. The maximum Gasteiger partial charge on any atom is 0.187 e. The molecule has 228 valence electrons. The van der Waals surface area contributed by atoms with Crippen LogP contribution in [0.25, 0.3) is 104 Å². The summed E-state index contributed by atoms with van der Waals surface area (Å²) in [6.07, 6.45) is 0. The quantitative estimate of drug-likeness (QED) is 0.141. The lowest BCUT2D eigenvalue weighted by Crippen LogP contribution is -1.91. The fraction of sp³-hybridized carbons (Fsp3) is 0. The third-order valence-electron chi connectivity index (χ3n) is 10.4. The van der Waals surface area contributed by atoms with Crippen LogP contribution in [0.5, 0.6) is 0 Å². The molecule has 0 spiro atoms. The number of nitriles is 1. The van der Waals surface area contributed by atoms with Gasteiger partial charge >= 0.3 is 0 Å². The molecule has 0 fully saturated rings. The van der Waals surface area contributed by atoms with Crippen LogP contribution in [0, 0.1) is 17.9 Å². The second-order valence-corrected chi connectivity index (χ2v) is 13.0. The summed E-state index contributed by atoms with van der Waals surface area (Å²) in [5.74, 6) is 0. The van der Waals surface area contributed by atoms with Crippen LogP contribution >= 0.6 is 0 Å². The van der Waals surface area contributed by atoms with Crippen molar-refractivity contribution in [2.24, 2.45) is 0 Å². The predicted octanol–water partition coefficient (Wildman–Crippen LogP) is 13.4. The van der Waals surface area contributed by atoms with Gasteiger partial charge in [-0.1, -0.05) is 115 Å². The molecular weight excluding hydrogens is 605 g/mol. The monoisotopic (exact) mass is 630 g/mol. The Balaban J connectivity index is 1.34. The fourth-order valence-corrected chi connectivity index (χ4v) is 8.19. The van der Waals surface area contributed by atoms with Crippen molar-refractivity contribution in [3.05, 3.63) is 175 Å². The van der Waals surface area contributed by atoms with E-state index in [0.717, 1.165) is 49.2 Å². The molecule has 9 aromatic rings. The average molecular weight is 631 g/mol. The van der Waals surface area contributed by atoms with Gasteiger partial charge in [0, 0.05) is 0 Å². The molecule has 0 heterocycles. The van der Waals surface area contributed by atoms with Crippen LogP contribution in [-0.2, 0) is 0 Å². The second-order valence-electron chi connectivity index (χ2n) is 13.0. The highest BCUT2D eigenvalue weighted by Gasteiger charge is 2.25. The molecular formula is C48H26N2. The van der Waals surface area contributed by atoms with Gasteiger partial charge in [0.1, 0.15) is 0 Å². The first-order valence-corrected chi connectivity index (χ1v) is 16.8. The lowest BCUT2D eigenvalue weighted by molar-refractivity contribution is 1.48. The van der Waals surface area contributed by atoms with Gasteiger partial charge in [-0.15, -0.1) is 0 Å². The maximum atomic E-state index is 9.75. The van der Waals surface area contributed by atoms with E-state index < -0.39 is 0 Å². The van der Waals surface area contributed by atoms with Gasteiger partial charge in [-0.25, -0.2) is 4.85 Å². The summed E-state index contributed by atoms with van der Waals surface area (Å²) in [5.41, 5.74) is 13.0. The van der Waals surface area contributed by atoms with E-state index in [1.54, 1.807) is 0 Å². The maximum absolute atomic E-state index is 9.75. The van der Waals surface area contributed by atoms with Gasteiger partial charge in [0.2, 0.25) is 0 Å². The molecule has 0 amide bonds. The van der Waals surface area contributed by atoms with E-state index in [1.165, 1.54) is 49.5 Å². The minimum Gasteiger partial charge on any atom is -0.238 e. The van der Waals surface area contributed by atoms with Crippen molar-refractivity contribution in [2.75, 3.05) is 0 Å². The molecule has 0 saturated carbocycles. The zero-order chi connectivity index (χ0) is 33.3. The minimum absolute atomic E-state index is 0.625. The summed E-state index contributed by atoms with van der Waals surface area (Å²) < 4.78 is 0. The number of benzene rings is 9. The van der Waals surface area contributed by atoms with Crippen LogP contribution in [0.3, 0.4) is 0 Å². The Morgan fingerprint density at radius 2 is 0.940 bits per heavy atom. The minimum atomic E-state index is 0.625. The van der Waals surface area contributed by atoms with E-state index >= 15 is 0 Å². The van der Waals surface area contributed by atoms with Crippen LogP contribution in [-0.4, -0.2) is 0 Å². The SMILES string of the molecule is [C-]#[N+]c1cccc(-c2cc3c4ccccc4c(-c4cccc(C#N)c4)cc3c3cc4c(cc23)-c2cccc3c(-c5ccccc5)ccc-4c23)c1. The van der Waals surface area contributed by atoms with Crippen LogP contribution in [0.4, 0.5) is 5.69 Å². The number of fused-ring (bicyclic) bond motifs is 8. The molecule has 10 rings (SSSR count). The second kappa shape index (κ2) is 10.8. The van der Waals surface area contributed by atoms with Crippen molar-refractivity contribution in [1.29, 1.82) is 5.26 Å². The average Bonchev–Trinajstić information content (AvgIpc) is 3.50. The molecule has 50 heavy (non-hydrogen) atoms. The fourth-order valence-electron chi connectivity index (χ4n) is 8.19. The molecule has 1 aliphatic rings. The van der Waals surface area contributed by atoms with Crippen molar-refractivity contribution in [1.82, 2.24) is 0 Å². The summed E-state index contributed by atoms with van der Waals surface area (Å²) in [5, 5.41) is 19.2. The molecule has 0 saturated heterocycles. The first-order chi connectivity index (χ1) is 24.7. The first kappa shape index (κ1) is 28.1. The smallest absolute Gasteiger partial charge is 0.187 e. The summed E-state index contributed by atoms with van der Waals surface area (Å²) in [7, 11) is 0. The third-order valence-corrected chi connectivity index (χ3v) is 10.4. The summed E-state index contributed by atoms with van der Waals surface area (Å²) >= 11 is 0. The summed E-state index contributed by atoms with van der Waals surface area (Å²) in [4.78, 5) is 3.78. The van der Waals surface area contributed by atoms with Crippen LogP contribution < -0.4 is 0 Å². The molecule has 2 nitrogen and oxygen atoms in total. The Kier molecular flexibility index (Phi) is 6.04. The number of rotatable bonds is 3. The molecule has 0 bridgehead atoms. The van der Waals surface area contributed by atoms with Crippen molar-refractivity contribution >= 4 is 48.8 Å². The zero-order valence-electron chi connectivity index (χ0n) is 26.9. The van der Waals surface area contributed by atoms with Gasteiger partial charge < -0.3 is 0 Å². The van der Waals surface area contributed by atoms with Crippen LogP contribution in [0.2, 0.25) is 0 Å². The molecule has 0 aromatic heterocycles. The van der Waals surface area contributed by atoms with E-state index in [9.17, 15) is 5.26 Å². The number of hydrogen-bond donors (Lipinski definition) is 0. The lowest BCUT2D eigenvalue weighted by Gasteiger charge is -2.18. The van der Waals surface area contributed by atoms with Gasteiger partial charge in [-0.3, -0.25) is 0 Å². The molecule has 9 aromatic carbocycles. The summed E-state index contributed by atoms with van der Waals surface area (Å²) in [6.45, 7) is 7.76. The van der Waals surface area contributed by atoms with Gasteiger partial charge in [0.05, 0.1) is 18.2 Å². The normalized spacial score (nSPS) is 11.6. The topological polar surface area (TPSA) is 28.1 Å². The van der Waals surface area contributed by atoms with Crippen molar-refractivity contribution in [2.45, 2.75) is 0 Å². The standard InChI is InChI=1S/C48H26N2/c1-50-33-15-8-14-32(23-33)41-25-42-36-17-6-5-16-35(36)40(31-13-7-10-29(22-31)28-49)24-46(42)47-27-44-39-21-20-34(30-11-3-2-4-12-30)37-18-9-19-38(48(37)39)43(44)26-45(41)47/h2-27H. The van der Waals surface area contributed by atoms with Gasteiger partial charge in [-0.05, 0) is 141 Å². The predicted molar refractivity (Wildman–Crippen MR) is 208 cm³/mol. The Bertz CT molecular complexity index is 2990. The van der Waals surface area contributed by atoms with Crippen molar-refractivity contribution < 1.29 is 0 Å². The van der Waals surface area contributed by atoms with E-state index in [-0.39, 0.29) is 0 Å². The van der Waals surface area contributed by atoms with E-state index in [0.29, 0.717) is 11.3 Å². The highest BCUT2D eigenvalue weighted by atomic mass is 14.6. The lowest BCUT2D eigenvalue weighted by atomic mass is 9.86. The van der Waals surface area contributed by atoms with E-state index in [4.69, 9.17) is 6.57 Å². The van der Waals surface area contributed by atoms with Gasteiger partial charge in [-0.2, -0.15) is 5.26 Å². The molecule has 0 N–H and O–H groups in total. The molecule has 0 unspecified atom stereocenters. The highest BCUT2D eigenvalue weighted by molar-refractivity contribution is 6.27. The van der Waals surface area contributed by atoms with Crippen LogP contribution in [0.15, 0.2) is 158 Å². The Labute approximate surface area is 289 Å². The molecule has 0 radical (unpaired) electrons. The highest BCUT2D eigenvalue weighted by Crippen LogP contribution is 2.52. The number of nitrogens with zero attached hydrogens (tertiary/aromatic N) is 2. The van der Waals surface area contributed by atoms with Gasteiger partial charge in [0.15, 0.2) is 5.69 Å². The largest absolute Gasteiger partial charge is 0.238 e. The summed E-state index contributed by atoms with van der Waals surface area (Å²) in [6, 6.07) is 58.1. The molecule has 1 aliphatic carbocycles. The van der Waals surface area contributed by atoms with Crippen molar-refractivity contribution in [3.8, 4) is 61.7 Å². The van der Waals surface area contributed by atoms with Crippen LogP contribution in [0.1, 0.15) is 5.56 Å². The molecule has 0 aliphatic heterocycles.